The van der Waals surface area contributed by atoms with Crippen molar-refractivity contribution >= 4 is 35.6 Å². The Labute approximate surface area is 140 Å². The molecule has 1 aliphatic carbocycles. The van der Waals surface area contributed by atoms with Gasteiger partial charge in [0.15, 0.2) is 6.61 Å². The molecular formula is C16H20ClN3O3. The van der Waals surface area contributed by atoms with E-state index in [1.165, 1.54) is 0 Å². The second-order valence-corrected chi connectivity index (χ2v) is 6.41. The van der Waals surface area contributed by atoms with Crippen molar-refractivity contribution < 1.29 is 14.3 Å². The first-order chi connectivity index (χ1) is 10.7. The first-order valence-electron chi connectivity index (χ1n) is 7.75. The number of amides is 2. The first kappa shape index (κ1) is 16.1. The number of ether oxygens (including phenoxy) is 1. The van der Waals surface area contributed by atoms with Crippen LogP contribution in [0.4, 0.5) is 11.4 Å². The fourth-order valence-electron chi connectivity index (χ4n) is 3.58. The molecule has 2 amide bonds. The minimum absolute atomic E-state index is 0. The number of anilines is 2. The smallest absolute Gasteiger partial charge is 0.262 e. The van der Waals surface area contributed by atoms with Crippen molar-refractivity contribution in [2.45, 2.75) is 19.3 Å². The molecule has 0 aromatic heterocycles. The lowest BCUT2D eigenvalue weighted by molar-refractivity contribution is -0.119. The molecule has 23 heavy (non-hydrogen) atoms. The number of carbonyl (C=O) groups excluding carboxylic acids is 2. The summed E-state index contributed by atoms with van der Waals surface area (Å²) in [5, 5.41) is 9.07. The fraction of sp³-hybridized carbons (Fsp3) is 0.500. The third-order valence-corrected chi connectivity index (χ3v) is 4.99. The van der Waals surface area contributed by atoms with Gasteiger partial charge in [-0.1, -0.05) is 0 Å². The maximum Gasteiger partial charge on any atom is 0.262 e. The highest BCUT2D eigenvalue weighted by Gasteiger charge is 2.57. The van der Waals surface area contributed by atoms with Crippen LogP contribution in [0.2, 0.25) is 0 Å². The Morgan fingerprint density at radius 2 is 2.09 bits per heavy atom. The van der Waals surface area contributed by atoms with Crippen molar-refractivity contribution in [2.75, 3.05) is 30.3 Å². The summed E-state index contributed by atoms with van der Waals surface area (Å²) in [7, 11) is 0. The van der Waals surface area contributed by atoms with Gasteiger partial charge >= 0.3 is 0 Å². The summed E-state index contributed by atoms with van der Waals surface area (Å²) < 4.78 is 5.37. The number of benzene rings is 1. The number of rotatable bonds is 2. The van der Waals surface area contributed by atoms with Gasteiger partial charge in [0.05, 0.1) is 5.69 Å². The molecular weight excluding hydrogens is 318 g/mol. The van der Waals surface area contributed by atoms with Crippen LogP contribution in [0.15, 0.2) is 18.2 Å². The topological polar surface area (TPSA) is 79.5 Å². The molecule has 2 fully saturated rings. The van der Waals surface area contributed by atoms with E-state index in [9.17, 15) is 9.59 Å². The zero-order chi connectivity index (χ0) is 15.2. The van der Waals surface area contributed by atoms with E-state index >= 15 is 0 Å². The minimum Gasteiger partial charge on any atom is -0.482 e. The number of halogens is 1. The molecule has 0 bridgehead atoms. The number of hydrogen-bond acceptors (Lipinski definition) is 4. The normalized spacial score (nSPS) is 23.8. The van der Waals surface area contributed by atoms with E-state index in [1.54, 1.807) is 18.2 Å². The Morgan fingerprint density at radius 3 is 2.87 bits per heavy atom. The van der Waals surface area contributed by atoms with E-state index in [2.05, 4.69) is 16.0 Å². The lowest BCUT2D eigenvalue weighted by Gasteiger charge is -2.23. The summed E-state index contributed by atoms with van der Waals surface area (Å²) in [5.41, 5.74) is 1.60. The molecule has 7 heteroatoms. The van der Waals surface area contributed by atoms with Crippen LogP contribution in [0.1, 0.15) is 19.3 Å². The van der Waals surface area contributed by atoms with Crippen LogP contribution in [0, 0.1) is 11.3 Å². The van der Waals surface area contributed by atoms with E-state index in [0.717, 1.165) is 38.0 Å². The molecule has 1 atom stereocenters. The van der Waals surface area contributed by atoms with Crippen molar-refractivity contribution in [1.82, 2.24) is 5.32 Å². The lowest BCUT2D eigenvalue weighted by atomic mass is 9.92. The quantitative estimate of drug-likeness (QED) is 0.768. The Morgan fingerprint density at radius 1 is 1.30 bits per heavy atom. The van der Waals surface area contributed by atoms with Crippen LogP contribution >= 0.6 is 12.4 Å². The number of nitrogens with one attached hydrogen (secondary N) is 3. The van der Waals surface area contributed by atoms with Gasteiger partial charge in [-0.3, -0.25) is 9.59 Å². The molecule has 2 heterocycles. The molecule has 1 spiro atoms. The number of hydrogen-bond donors (Lipinski definition) is 3. The maximum atomic E-state index is 12.4. The van der Waals surface area contributed by atoms with E-state index in [1.807, 2.05) is 0 Å². The van der Waals surface area contributed by atoms with Gasteiger partial charge in [-0.2, -0.15) is 0 Å². The second-order valence-electron chi connectivity index (χ2n) is 6.41. The molecule has 2 aliphatic heterocycles. The van der Waals surface area contributed by atoms with Gasteiger partial charge in [0.1, 0.15) is 5.75 Å². The maximum absolute atomic E-state index is 12.4. The van der Waals surface area contributed by atoms with Gasteiger partial charge in [0.25, 0.3) is 5.91 Å². The van der Waals surface area contributed by atoms with Crippen molar-refractivity contribution in [3.8, 4) is 5.75 Å². The summed E-state index contributed by atoms with van der Waals surface area (Å²) in [6, 6.07) is 5.32. The van der Waals surface area contributed by atoms with Gasteiger partial charge in [-0.15, -0.1) is 12.4 Å². The highest BCUT2D eigenvalue weighted by molar-refractivity contribution is 5.98. The molecule has 1 saturated carbocycles. The van der Waals surface area contributed by atoms with Gasteiger partial charge in [-0.25, -0.2) is 0 Å². The zero-order valence-electron chi connectivity index (χ0n) is 12.7. The SMILES string of the molecule is Cl.O=C1COc2cc(NC(=O)C3CC34CCNCC4)ccc2N1. The molecule has 1 unspecified atom stereocenters. The second kappa shape index (κ2) is 6.02. The molecule has 1 saturated heterocycles. The van der Waals surface area contributed by atoms with Gasteiger partial charge in [-0.05, 0) is 49.9 Å². The Balaban J connectivity index is 0.00000156. The van der Waals surface area contributed by atoms with Crippen molar-refractivity contribution in [3.63, 3.8) is 0 Å². The van der Waals surface area contributed by atoms with Crippen LogP contribution in [-0.2, 0) is 9.59 Å². The molecule has 4 rings (SSSR count). The zero-order valence-corrected chi connectivity index (χ0v) is 13.5. The summed E-state index contributed by atoms with van der Waals surface area (Å²) in [6.07, 6.45) is 3.17. The van der Waals surface area contributed by atoms with E-state index in [4.69, 9.17) is 4.74 Å². The van der Waals surface area contributed by atoms with Gasteiger partial charge < -0.3 is 20.7 Å². The first-order valence-corrected chi connectivity index (χ1v) is 7.75. The van der Waals surface area contributed by atoms with E-state index in [-0.39, 0.29) is 42.2 Å². The van der Waals surface area contributed by atoms with Crippen LogP contribution in [0.25, 0.3) is 0 Å². The summed E-state index contributed by atoms with van der Waals surface area (Å²) in [5.74, 6) is 0.674. The van der Waals surface area contributed by atoms with Crippen molar-refractivity contribution in [1.29, 1.82) is 0 Å². The Kier molecular flexibility index (Phi) is 4.21. The van der Waals surface area contributed by atoms with Crippen LogP contribution in [0.3, 0.4) is 0 Å². The number of fused-ring (bicyclic) bond motifs is 1. The number of piperidine rings is 1. The Bertz CT molecular complexity index is 643. The van der Waals surface area contributed by atoms with Crippen molar-refractivity contribution in [2.24, 2.45) is 11.3 Å². The summed E-state index contributed by atoms with van der Waals surface area (Å²) in [6.45, 7) is 2.04. The molecule has 0 radical (unpaired) electrons. The average Bonchev–Trinajstić information content (AvgIpc) is 3.21. The van der Waals surface area contributed by atoms with E-state index < -0.39 is 0 Å². The predicted molar refractivity (Wildman–Crippen MR) is 89.1 cm³/mol. The third-order valence-electron chi connectivity index (χ3n) is 4.99. The molecule has 1 aromatic carbocycles. The highest BCUT2D eigenvalue weighted by atomic mass is 35.5. The Hall–Kier alpha value is -1.79. The summed E-state index contributed by atoms with van der Waals surface area (Å²) in [4.78, 5) is 23.7. The average molecular weight is 338 g/mol. The highest BCUT2D eigenvalue weighted by Crippen LogP contribution is 2.58. The number of carbonyl (C=O) groups is 2. The van der Waals surface area contributed by atoms with Crippen LogP contribution < -0.4 is 20.7 Å². The van der Waals surface area contributed by atoms with Crippen LogP contribution in [0.5, 0.6) is 5.75 Å². The molecule has 3 aliphatic rings. The molecule has 1 aromatic rings. The van der Waals surface area contributed by atoms with Gasteiger partial charge in [0.2, 0.25) is 5.91 Å². The lowest BCUT2D eigenvalue weighted by Crippen LogP contribution is -2.31. The fourth-order valence-corrected chi connectivity index (χ4v) is 3.58. The van der Waals surface area contributed by atoms with Gasteiger partial charge in [0, 0.05) is 17.7 Å². The van der Waals surface area contributed by atoms with Crippen molar-refractivity contribution in [3.05, 3.63) is 18.2 Å². The van der Waals surface area contributed by atoms with Crippen LogP contribution in [-0.4, -0.2) is 31.5 Å². The third kappa shape index (κ3) is 3.01. The monoisotopic (exact) mass is 337 g/mol. The molecule has 6 nitrogen and oxygen atoms in total. The summed E-state index contributed by atoms with van der Waals surface area (Å²) >= 11 is 0. The largest absolute Gasteiger partial charge is 0.482 e. The molecule has 3 N–H and O–H groups in total. The van der Waals surface area contributed by atoms with E-state index in [0.29, 0.717) is 11.4 Å². The standard InChI is InChI=1S/C16H19N3O3.ClH/c20-14-9-22-13-7-10(1-2-12(13)19-14)18-15(21)11-8-16(11)3-5-17-6-4-16;/h1-2,7,11,17H,3-6,8-9H2,(H,18,21)(H,19,20);1H. The molecule has 124 valence electrons. The predicted octanol–water partition coefficient (Wildman–Crippen LogP) is 1.77. The minimum atomic E-state index is -0.157.